The summed E-state index contributed by atoms with van der Waals surface area (Å²) in [5.74, 6) is 0.818. The molecular weight excluding hydrogens is 242 g/mol. The molecule has 1 atom stereocenters. The molecule has 1 rings (SSSR count). The van der Waals surface area contributed by atoms with Gasteiger partial charge in [-0.2, -0.15) is 0 Å². The normalized spacial score (nSPS) is 14.1. The summed E-state index contributed by atoms with van der Waals surface area (Å²) >= 11 is 0. The second-order valence-corrected chi connectivity index (χ2v) is 4.92. The molecule has 0 spiro atoms. The van der Waals surface area contributed by atoms with Gasteiger partial charge in [-0.1, -0.05) is 19.1 Å². The van der Waals surface area contributed by atoms with E-state index in [2.05, 4.69) is 5.32 Å². The van der Waals surface area contributed by atoms with Crippen molar-refractivity contribution in [2.75, 3.05) is 33.5 Å². The van der Waals surface area contributed by atoms with Crippen molar-refractivity contribution < 1.29 is 14.6 Å². The summed E-state index contributed by atoms with van der Waals surface area (Å²) in [6.07, 6.45) is 0.905. The van der Waals surface area contributed by atoms with Crippen LogP contribution in [0.15, 0.2) is 24.3 Å². The highest BCUT2D eigenvalue weighted by Crippen LogP contribution is 2.15. The molecule has 4 nitrogen and oxygen atoms in total. The van der Waals surface area contributed by atoms with Crippen LogP contribution >= 0.6 is 0 Å². The third-order valence-electron chi connectivity index (χ3n) is 3.03. The van der Waals surface area contributed by atoms with E-state index in [1.165, 1.54) is 5.56 Å². The molecule has 0 bridgehead atoms. The molecule has 0 aliphatic rings. The summed E-state index contributed by atoms with van der Waals surface area (Å²) in [7, 11) is 1.70. The lowest BCUT2D eigenvalue weighted by Crippen LogP contribution is -2.50. The Labute approximate surface area is 115 Å². The van der Waals surface area contributed by atoms with Crippen LogP contribution in [0.1, 0.15) is 19.4 Å². The number of hydrogen-bond donors (Lipinski definition) is 2. The number of methoxy groups -OCH3 is 1. The van der Waals surface area contributed by atoms with E-state index in [-0.39, 0.29) is 6.61 Å². The highest BCUT2D eigenvalue weighted by molar-refractivity contribution is 5.27. The second kappa shape index (κ2) is 8.15. The molecule has 1 aromatic rings. The highest BCUT2D eigenvalue weighted by Gasteiger charge is 2.22. The fraction of sp³-hybridized carbons (Fsp3) is 0.600. The lowest BCUT2D eigenvalue weighted by Gasteiger charge is -2.28. The molecule has 108 valence electrons. The first kappa shape index (κ1) is 16.0. The van der Waals surface area contributed by atoms with E-state index in [9.17, 15) is 5.11 Å². The van der Waals surface area contributed by atoms with Gasteiger partial charge in [0.25, 0.3) is 0 Å². The van der Waals surface area contributed by atoms with Crippen molar-refractivity contribution in [3.8, 4) is 5.75 Å². The number of ether oxygens (including phenoxy) is 2. The molecule has 0 aliphatic carbocycles. The maximum absolute atomic E-state index is 9.38. The smallest absolute Gasteiger partial charge is 0.119 e. The molecule has 1 aromatic carbocycles. The molecule has 2 N–H and O–H groups in total. The monoisotopic (exact) mass is 267 g/mol. The number of aliphatic hydroxyl groups is 1. The number of hydrogen-bond acceptors (Lipinski definition) is 4. The van der Waals surface area contributed by atoms with Crippen LogP contribution in [0.4, 0.5) is 0 Å². The number of rotatable bonds is 9. The molecule has 0 heterocycles. The fourth-order valence-corrected chi connectivity index (χ4v) is 1.79. The molecule has 19 heavy (non-hydrogen) atoms. The van der Waals surface area contributed by atoms with Crippen molar-refractivity contribution in [3.63, 3.8) is 0 Å². The van der Waals surface area contributed by atoms with E-state index in [4.69, 9.17) is 9.47 Å². The third kappa shape index (κ3) is 5.59. The Morgan fingerprint density at radius 3 is 2.47 bits per heavy atom. The zero-order valence-corrected chi connectivity index (χ0v) is 12.1. The van der Waals surface area contributed by atoms with Gasteiger partial charge in [0.1, 0.15) is 12.4 Å². The molecular formula is C15H25NO3. The Morgan fingerprint density at radius 2 is 1.95 bits per heavy atom. The van der Waals surface area contributed by atoms with Crippen LogP contribution in [0, 0.1) is 0 Å². The maximum Gasteiger partial charge on any atom is 0.119 e. The van der Waals surface area contributed by atoms with Gasteiger partial charge in [-0.25, -0.2) is 0 Å². The van der Waals surface area contributed by atoms with Crippen LogP contribution in [0.3, 0.4) is 0 Å². The first-order chi connectivity index (χ1) is 9.13. The number of benzene rings is 1. The topological polar surface area (TPSA) is 50.7 Å². The zero-order chi connectivity index (χ0) is 14.1. The van der Waals surface area contributed by atoms with Crippen molar-refractivity contribution in [1.29, 1.82) is 0 Å². The van der Waals surface area contributed by atoms with Crippen LogP contribution in [0.25, 0.3) is 0 Å². The predicted molar refractivity (Wildman–Crippen MR) is 76.7 cm³/mol. The number of aliphatic hydroxyl groups excluding tert-OH is 1. The Morgan fingerprint density at radius 1 is 1.26 bits per heavy atom. The highest BCUT2D eigenvalue weighted by atomic mass is 16.5. The Balaban J connectivity index is 2.48. The van der Waals surface area contributed by atoms with E-state index >= 15 is 0 Å². The van der Waals surface area contributed by atoms with Gasteiger partial charge < -0.3 is 19.9 Å². The first-order valence-corrected chi connectivity index (χ1v) is 6.70. The summed E-state index contributed by atoms with van der Waals surface area (Å²) in [4.78, 5) is 0. The molecule has 0 amide bonds. The van der Waals surface area contributed by atoms with Crippen molar-refractivity contribution in [2.45, 2.75) is 25.8 Å². The van der Waals surface area contributed by atoms with Gasteiger partial charge in [-0.05, 0) is 37.6 Å². The first-order valence-electron chi connectivity index (χ1n) is 6.70. The zero-order valence-electron chi connectivity index (χ0n) is 12.1. The lowest BCUT2D eigenvalue weighted by atomic mass is 10.1. The summed E-state index contributed by atoms with van der Waals surface area (Å²) in [5, 5.41) is 12.6. The standard InChI is InChI=1S/C15H25NO3/c1-4-16-15(2,11-17)12-19-14-7-5-13(6-8-14)9-10-18-3/h5-8,16-17H,4,9-12H2,1-3H3. The third-order valence-corrected chi connectivity index (χ3v) is 3.03. The summed E-state index contributed by atoms with van der Waals surface area (Å²) < 4.78 is 10.8. The van der Waals surface area contributed by atoms with Crippen molar-refractivity contribution >= 4 is 0 Å². The summed E-state index contributed by atoms with van der Waals surface area (Å²) in [6, 6.07) is 7.99. The van der Waals surface area contributed by atoms with Crippen LogP contribution in [0.5, 0.6) is 5.75 Å². The van der Waals surface area contributed by atoms with E-state index in [1.807, 2.05) is 38.1 Å². The molecule has 0 saturated carbocycles. The van der Waals surface area contributed by atoms with Crippen molar-refractivity contribution in [2.24, 2.45) is 0 Å². The largest absolute Gasteiger partial charge is 0.492 e. The summed E-state index contributed by atoms with van der Waals surface area (Å²) in [6.45, 7) is 5.98. The van der Waals surface area contributed by atoms with Crippen LogP contribution in [-0.2, 0) is 11.2 Å². The van der Waals surface area contributed by atoms with Crippen LogP contribution in [0.2, 0.25) is 0 Å². The predicted octanol–water partition coefficient (Wildman–Crippen LogP) is 1.61. The number of nitrogens with one attached hydrogen (secondary N) is 1. The average molecular weight is 267 g/mol. The molecule has 0 radical (unpaired) electrons. The Kier molecular flexibility index (Phi) is 6.84. The average Bonchev–Trinajstić information content (AvgIpc) is 2.44. The minimum atomic E-state index is -0.399. The van der Waals surface area contributed by atoms with E-state index in [1.54, 1.807) is 7.11 Å². The van der Waals surface area contributed by atoms with Gasteiger partial charge in [-0.3, -0.25) is 0 Å². The second-order valence-electron chi connectivity index (χ2n) is 4.92. The molecule has 1 unspecified atom stereocenters. The van der Waals surface area contributed by atoms with Gasteiger partial charge in [0.05, 0.1) is 18.8 Å². The van der Waals surface area contributed by atoms with Crippen LogP contribution in [-0.4, -0.2) is 44.1 Å². The molecule has 0 saturated heterocycles. The SMILES string of the molecule is CCNC(C)(CO)COc1ccc(CCOC)cc1. The maximum atomic E-state index is 9.38. The number of likely N-dealkylation sites (N-methyl/N-ethyl adjacent to an activating group) is 1. The lowest BCUT2D eigenvalue weighted by molar-refractivity contribution is 0.117. The molecule has 0 fully saturated rings. The minimum Gasteiger partial charge on any atom is -0.492 e. The molecule has 4 heteroatoms. The van der Waals surface area contributed by atoms with E-state index in [0.717, 1.165) is 25.3 Å². The van der Waals surface area contributed by atoms with Gasteiger partial charge in [0, 0.05) is 7.11 Å². The van der Waals surface area contributed by atoms with Gasteiger partial charge >= 0.3 is 0 Å². The fourth-order valence-electron chi connectivity index (χ4n) is 1.79. The Hall–Kier alpha value is -1.10. The quantitative estimate of drug-likeness (QED) is 0.714. The van der Waals surface area contributed by atoms with Gasteiger partial charge in [-0.15, -0.1) is 0 Å². The minimum absolute atomic E-state index is 0.0484. The van der Waals surface area contributed by atoms with Crippen LogP contribution < -0.4 is 10.1 Å². The van der Waals surface area contributed by atoms with E-state index in [0.29, 0.717) is 6.61 Å². The van der Waals surface area contributed by atoms with Crippen molar-refractivity contribution in [3.05, 3.63) is 29.8 Å². The van der Waals surface area contributed by atoms with Gasteiger partial charge in [0.2, 0.25) is 0 Å². The van der Waals surface area contributed by atoms with Crippen molar-refractivity contribution in [1.82, 2.24) is 5.32 Å². The summed E-state index contributed by atoms with van der Waals surface area (Å²) in [5.41, 5.74) is 0.828. The molecule has 0 aromatic heterocycles. The molecule has 0 aliphatic heterocycles. The van der Waals surface area contributed by atoms with Gasteiger partial charge in [0.15, 0.2) is 0 Å². The Bertz CT molecular complexity index is 353. The van der Waals surface area contributed by atoms with E-state index < -0.39 is 5.54 Å².